The molecule has 5 heteroatoms. The third-order valence-corrected chi connectivity index (χ3v) is 3.71. The van der Waals surface area contributed by atoms with Gasteiger partial charge >= 0.3 is 5.97 Å². The maximum Gasteiger partial charge on any atom is 0.335 e. The third kappa shape index (κ3) is 2.44. The van der Waals surface area contributed by atoms with Gasteiger partial charge in [-0.3, -0.25) is 4.98 Å². The molecule has 20 heavy (non-hydrogen) atoms. The summed E-state index contributed by atoms with van der Waals surface area (Å²) < 4.78 is 0. The van der Waals surface area contributed by atoms with Crippen LogP contribution >= 0.6 is 11.3 Å². The number of carboxylic acid groups (broad SMARTS) is 1. The Morgan fingerprint density at radius 2 is 2.00 bits per heavy atom. The molecule has 0 aliphatic rings. The van der Waals surface area contributed by atoms with E-state index in [2.05, 4.69) is 9.97 Å². The lowest BCUT2D eigenvalue weighted by Gasteiger charge is -1.98. The Kier molecular flexibility index (Phi) is 3.26. The van der Waals surface area contributed by atoms with E-state index >= 15 is 0 Å². The number of thiazole rings is 1. The van der Waals surface area contributed by atoms with Gasteiger partial charge in [-0.2, -0.15) is 0 Å². The quantitative estimate of drug-likeness (QED) is 0.797. The maximum absolute atomic E-state index is 11.0. The first-order valence-corrected chi connectivity index (χ1v) is 6.81. The van der Waals surface area contributed by atoms with Crippen molar-refractivity contribution in [3.05, 3.63) is 59.7 Å². The molecule has 3 rings (SSSR count). The summed E-state index contributed by atoms with van der Waals surface area (Å²) in [5.74, 6) is -0.934. The van der Waals surface area contributed by atoms with Crippen LogP contribution in [0.1, 0.15) is 10.4 Å². The van der Waals surface area contributed by atoms with E-state index in [1.54, 1.807) is 30.6 Å². The number of rotatable bonds is 3. The van der Waals surface area contributed by atoms with E-state index in [-0.39, 0.29) is 5.56 Å². The van der Waals surface area contributed by atoms with Crippen molar-refractivity contribution in [3.63, 3.8) is 0 Å². The van der Waals surface area contributed by atoms with Crippen molar-refractivity contribution in [1.82, 2.24) is 9.97 Å². The standard InChI is InChI=1S/C15H10N2O2S/c18-15(19)11-4-1-3-10(7-11)14-17-13(9-20-14)12-5-2-6-16-8-12/h1-9H,(H,18,19). The number of carboxylic acids is 1. The Balaban J connectivity index is 1.98. The molecule has 4 nitrogen and oxygen atoms in total. The lowest BCUT2D eigenvalue weighted by molar-refractivity contribution is 0.0697. The lowest BCUT2D eigenvalue weighted by Crippen LogP contribution is -1.95. The second-order valence-electron chi connectivity index (χ2n) is 4.17. The second kappa shape index (κ2) is 5.22. The number of hydrogen-bond donors (Lipinski definition) is 1. The summed E-state index contributed by atoms with van der Waals surface area (Å²) in [5, 5.41) is 11.8. The van der Waals surface area contributed by atoms with Gasteiger partial charge in [-0.05, 0) is 24.3 Å². The summed E-state index contributed by atoms with van der Waals surface area (Å²) in [4.78, 5) is 19.6. The highest BCUT2D eigenvalue weighted by Gasteiger charge is 2.09. The van der Waals surface area contributed by atoms with E-state index in [9.17, 15) is 4.79 Å². The van der Waals surface area contributed by atoms with Gasteiger partial charge in [-0.25, -0.2) is 9.78 Å². The zero-order valence-electron chi connectivity index (χ0n) is 10.4. The first-order valence-electron chi connectivity index (χ1n) is 5.94. The molecule has 0 radical (unpaired) electrons. The second-order valence-corrected chi connectivity index (χ2v) is 5.02. The van der Waals surface area contributed by atoms with Gasteiger partial charge in [0.05, 0.1) is 11.3 Å². The summed E-state index contributed by atoms with van der Waals surface area (Å²) in [6.45, 7) is 0. The monoisotopic (exact) mass is 282 g/mol. The van der Waals surface area contributed by atoms with Crippen molar-refractivity contribution in [2.24, 2.45) is 0 Å². The Morgan fingerprint density at radius 1 is 1.15 bits per heavy atom. The highest BCUT2D eigenvalue weighted by Crippen LogP contribution is 2.28. The van der Waals surface area contributed by atoms with Crippen molar-refractivity contribution < 1.29 is 9.90 Å². The van der Waals surface area contributed by atoms with Crippen LogP contribution in [0.15, 0.2) is 54.2 Å². The molecule has 0 spiro atoms. The minimum absolute atomic E-state index is 0.264. The first-order chi connectivity index (χ1) is 9.74. The number of hydrogen-bond acceptors (Lipinski definition) is 4. The molecule has 0 saturated heterocycles. The van der Waals surface area contributed by atoms with Crippen LogP contribution in [0, 0.1) is 0 Å². The fourth-order valence-corrected chi connectivity index (χ4v) is 2.66. The molecule has 0 unspecified atom stereocenters. The molecule has 98 valence electrons. The molecule has 2 aromatic heterocycles. The van der Waals surface area contributed by atoms with Gasteiger partial charge in [0.2, 0.25) is 0 Å². The Labute approximate surface area is 119 Å². The first kappa shape index (κ1) is 12.5. The van der Waals surface area contributed by atoms with Gasteiger partial charge in [0.25, 0.3) is 0 Å². The van der Waals surface area contributed by atoms with Gasteiger partial charge in [-0.15, -0.1) is 11.3 Å². The average molecular weight is 282 g/mol. The van der Waals surface area contributed by atoms with Crippen LogP contribution in [0.5, 0.6) is 0 Å². The SMILES string of the molecule is O=C(O)c1cccc(-c2nc(-c3cccnc3)cs2)c1. The predicted octanol–water partition coefficient (Wildman–Crippen LogP) is 3.57. The number of benzene rings is 1. The van der Waals surface area contributed by atoms with Crippen molar-refractivity contribution >= 4 is 17.3 Å². The molecule has 1 N–H and O–H groups in total. The van der Waals surface area contributed by atoms with Gasteiger partial charge in [0.15, 0.2) is 0 Å². The van der Waals surface area contributed by atoms with Crippen LogP contribution < -0.4 is 0 Å². The van der Waals surface area contributed by atoms with E-state index in [1.165, 1.54) is 11.3 Å². The molecule has 0 amide bonds. The zero-order valence-corrected chi connectivity index (χ0v) is 11.2. The fourth-order valence-electron chi connectivity index (χ4n) is 1.84. The zero-order chi connectivity index (χ0) is 13.9. The molecular weight excluding hydrogens is 272 g/mol. The largest absolute Gasteiger partial charge is 0.478 e. The summed E-state index contributed by atoms with van der Waals surface area (Å²) in [6, 6.07) is 10.6. The maximum atomic E-state index is 11.0. The van der Waals surface area contributed by atoms with E-state index in [4.69, 9.17) is 5.11 Å². The number of aromatic carboxylic acids is 1. The number of pyridine rings is 1. The van der Waals surface area contributed by atoms with Crippen molar-refractivity contribution in [2.45, 2.75) is 0 Å². The van der Waals surface area contributed by atoms with Crippen molar-refractivity contribution in [3.8, 4) is 21.8 Å². The minimum Gasteiger partial charge on any atom is -0.478 e. The molecule has 0 aliphatic heterocycles. The molecular formula is C15H10N2O2S. The van der Waals surface area contributed by atoms with E-state index in [0.717, 1.165) is 21.8 Å². The molecule has 0 saturated carbocycles. The van der Waals surface area contributed by atoms with Crippen molar-refractivity contribution in [1.29, 1.82) is 0 Å². The molecule has 0 atom stereocenters. The number of aromatic nitrogens is 2. The van der Waals surface area contributed by atoms with Crippen LogP contribution in [0.4, 0.5) is 0 Å². The predicted molar refractivity (Wildman–Crippen MR) is 77.7 cm³/mol. The summed E-state index contributed by atoms with van der Waals surface area (Å²) >= 11 is 1.49. The topological polar surface area (TPSA) is 63.1 Å². The molecule has 3 aromatic rings. The highest BCUT2D eigenvalue weighted by molar-refractivity contribution is 7.13. The average Bonchev–Trinajstić information content (AvgIpc) is 2.98. The molecule has 1 aromatic carbocycles. The van der Waals surface area contributed by atoms with Crippen LogP contribution in [-0.2, 0) is 0 Å². The summed E-state index contributed by atoms with van der Waals surface area (Å²) in [7, 11) is 0. The normalized spacial score (nSPS) is 10.4. The third-order valence-electron chi connectivity index (χ3n) is 2.82. The van der Waals surface area contributed by atoms with Crippen LogP contribution in [0.25, 0.3) is 21.8 Å². The van der Waals surface area contributed by atoms with Gasteiger partial charge in [-0.1, -0.05) is 12.1 Å². The molecule has 2 heterocycles. The summed E-state index contributed by atoms with van der Waals surface area (Å²) in [6.07, 6.45) is 3.47. The Hall–Kier alpha value is -2.53. The Bertz CT molecular complexity index is 753. The van der Waals surface area contributed by atoms with E-state index in [1.807, 2.05) is 23.6 Å². The molecule has 0 bridgehead atoms. The smallest absolute Gasteiger partial charge is 0.335 e. The molecule has 0 aliphatic carbocycles. The molecule has 0 fully saturated rings. The highest BCUT2D eigenvalue weighted by atomic mass is 32.1. The lowest BCUT2D eigenvalue weighted by atomic mass is 10.1. The van der Waals surface area contributed by atoms with Gasteiger partial charge in [0.1, 0.15) is 5.01 Å². The van der Waals surface area contributed by atoms with Crippen LogP contribution in [0.3, 0.4) is 0 Å². The fraction of sp³-hybridized carbons (Fsp3) is 0. The number of nitrogens with zero attached hydrogens (tertiary/aromatic N) is 2. The Morgan fingerprint density at radius 3 is 2.75 bits per heavy atom. The van der Waals surface area contributed by atoms with E-state index < -0.39 is 5.97 Å². The van der Waals surface area contributed by atoms with Crippen LogP contribution in [0.2, 0.25) is 0 Å². The minimum atomic E-state index is -0.934. The van der Waals surface area contributed by atoms with Crippen molar-refractivity contribution in [2.75, 3.05) is 0 Å². The van der Waals surface area contributed by atoms with Crippen LogP contribution in [-0.4, -0.2) is 21.0 Å². The van der Waals surface area contributed by atoms with E-state index in [0.29, 0.717) is 0 Å². The number of carbonyl (C=O) groups is 1. The van der Waals surface area contributed by atoms with Gasteiger partial charge < -0.3 is 5.11 Å². The summed E-state index contributed by atoms with van der Waals surface area (Å²) in [5.41, 5.74) is 2.87. The van der Waals surface area contributed by atoms with Gasteiger partial charge in [0, 0.05) is 28.9 Å².